The number of aromatic nitrogens is 3. The molecule has 4 heterocycles. The number of benzene rings is 1. The Bertz CT molecular complexity index is 1510. The molecule has 0 saturated heterocycles. The van der Waals surface area contributed by atoms with E-state index in [2.05, 4.69) is 50.0 Å². The number of nitrogens with zero attached hydrogens (tertiary/aromatic N) is 5. The van der Waals surface area contributed by atoms with Crippen LogP contribution in [0.25, 0.3) is 27.7 Å². The van der Waals surface area contributed by atoms with Crippen molar-refractivity contribution in [3.63, 3.8) is 0 Å². The molecule has 0 fully saturated rings. The number of anilines is 1. The number of hydrogen-bond acceptors (Lipinski definition) is 5. The number of carbonyl (C=O) groups excluding carboxylic acids is 1. The summed E-state index contributed by atoms with van der Waals surface area (Å²) >= 11 is 0. The fourth-order valence-electron chi connectivity index (χ4n) is 5.22. The minimum absolute atomic E-state index is 0.193. The molecule has 0 radical (unpaired) electrons. The van der Waals surface area contributed by atoms with Crippen LogP contribution in [0, 0.1) is 12.7 Å². The van der Waals surface area contributed by atoms with Crippen molar-refractivity contribution < 1.29 is 9.18 Å². The first-order chi connectivity index (χ1) is 18.3. The summed E-state index contributed by atoms with van der Waals surface area (Å²) < 4.78 is 17.3. The molecular weight excluding hydrogens is 479 g/mol. The fourth-order valence-corrected chi connectivity index (χ4v) is 5.22. The lowest BCUT2D eigenvalue weighted by molar-refractivity contribution is 0.0827. The third-order valence-corrected chi connectivity index (χ3v) is 7.30. The number of nitrogens with one attached hydrogen (secondary N) is 1. The van der Waals surface area contributed by atoms with Crippen molar-refractivity contribution in [1.29, 1.82) is 0 Å². The second-order valence-corrected chi connectivity index (χ2v) is 10.0. The van der Waals surface area contributed by atoms with E-state index >= 15 is 4.39 Å². The third kappa shape index (κ3) is 4.79. The van der Waals surface area contributed by atoms with Crippen LogP contribution in [0.5, 0.6) is 0 Å². The van der Waals surface area contributed by atoms with E-state index < -0.39 is 0 Å². The second kappa shape index (κ2) is 10.4. The zero-order chi connectivity index (χ0) is 27.0. The number of amides is 1. The summed E-state index contributed by atoms with van der Waals surface area (Å²) in [5.74, 6) is 0.305. The molecule has 3 aromatic heterocycles. The van der Waals surface area contributed by atoms with Crippen molar-refractivity contribution in [3.05, 3.63) is 83.1 Å². The lowest BCUT2D eigenvalue weighted by Gasteiger charge is -2.27. The van der Waals surface area contributed by atoms with E-state index in [0.29, 0.717) is 11.1 Å². The van der Waals surface area contributed by atoms with Crippen LogP contribution < -0.4 is 5.32 Å². The monoisotopic (exact) mass is 512 g/mol. The number of pyridine rings is 2. The van der Waals surface area contributed by atoms with Crippen LogP contribution in [-0.4, -0.2) is 64.5 Å². The highest BCUT2D eigenvalue weighted by molar-refractivity contribution is 5.95. The normalized spacial score (nSPS) is 14.0. The number of halogens is 1. The van der Waals surface area contributed by atoms with Gasteiger partial charge in [-0.3, -0.25) is 9.69 Å². The van der Waals surface area contributed by atoms with Gasteiger partial charge in [0.15, 0.2) is 0 Å². The van der Waals surface area contributed by atoms with E-state index in [9.17, 15) is 4.79 Å². The molecule has 1 N–H and O–H groups in total. The molecule has 4 aromatic rings. The van der Waals surface area contributed by atoms with Crippen LogP contribution in [-0.2, 0) is 13.6 Å². The Morgan fingerprint density at radius 2 is 1.97 bits per heavy atom. The lowest BCUT2D eigenvalue weighted by atomic mass is 9.93. The Balaban J connectivity index is 1.36. The first-order valence-electron chi connectivity index (χ1n) is 12.8. The molecule has 1 aliphatic rings. The number of hydrogen-bond donors (Lipinski definition) is 1. The molecule has 1 aliphatic heterocycles. The summed E-state index contributed by atoms with van der Waals surface area (Å²) in [6, 6.07) is 11.4. The standard InChI is InChI=1S/C30H33FN6O/c1-19-14-22(30(38)35(3)4)15-26(31)28(19)20-9-12-37(13-10-20)18-23-16-25-24(8-11-33-29(25)36(23)5)21-6-7-27(32-2)34-17-21/h6-9,11,14-17H,10,12-13,18H2,1-5H3,(H,32,34). The highest BCUT2D eigenvalue weighted by Gasteiger charge is 2.21. The SMILES string of the molecule is CNc1ccc(-c2ccnc3c2cc(CN2CC=C(c4c(C)cc(C(=O)N(C)C)cc4F)CC2)n3C)cn1. The molecule has 0 aliphatic carbocycles. The van der Waals surface area contributed by atoms with Gasteiger partial charge >= 0.3 is 0 Å². The van der Waals surface area contributed by atoms with Gasteiger partial charge in [-0.2, -0.15) is 0 Å². The Labute approximate surface area is 222 Å². The fraction of sp³-hybridized carbons (Fsp3) is 0.300. The zero-order valence-electron chi connectivity index (χ0n) is 22.5. The summed E-state index contributed by atoms with van der Waals surface area (Å²) in [6.45, 7) is 4.19. The first kappa shape index (κ1) is 25.6. The molecule has 1 amide bonds. The van der Waals surface area contributed by atoms with Gasteiger partial charge < -0.3 is 14.8 Å². The topological polar surface area (TPSA) is 66.3 Å². The average molecular weight is 513 g/mol. The highest BCUT2D eigenvalue weighted by atomic mass is 19.1. The van der Waals surface area contributed by atoms with E-state index in [1.54, 1.807) is 20.2 Å². The van der Waals surface area contributed by atoms with Gasteiger partial charge in [0.05, 0.1) is 0 Å². The van der Waals surface area contributed by atoms with Crippen LogP contribution in [0.4, 0.5) is 10.2 Å². The molecule has 7 nitrogen and oxygen atoms in total. The predicted octanol–water partition coefficient (Wildman–Crippen LogP) is 5.12. The Kier molecular flexibility index (Phi) is 6.99. The number of fused-ring (bicyclic) bond motifs is 1. The van der Waals surface area contributed by atoms with Gasteiger partial charge in [0, 0.05) is 88.0 Å². The molecule has 0 unspecified atom stereocenters. The van der Waals surface area contributed by atoms with E-state index in [0.717, 1.165) is 65.2 Å². The minimum Gasteiger partial charge on any atom is -0.373 e. The van der Waals surface area contributed by atoms with Crippen molar-refractivity contribution in [3.8, 4) is 11.1 Å². The van der Waals surface area contributed by atoms with Crippen LogP contribution >= 0.6 is 0 Å². The molecule has 0 spiro atoms. The lowest BCUT2D eigenvalue weighted by Crippen LogP contribution is -2.29. The van der Waals surface area contributed by atoms with Gasteiger partial charge in [-0.1, -0.05) is 6.08 Å². The van der Waals surface area contributed by atoms with Gasteiger partial charge in [0.1, 0.15) is 17.3 Å². The first-order valence-corrected chi connectivity index (χ1v) is 12.8. The van der Waals surface area contributed by atoms with Crippen LogP contribution in [0.15, 0.2) is 54.9 Å². The van der Waals surface area contributed by atoms with Gasteiger partial charge in [-0.05, 0) is 66.4 Å². The summed E-state index contributed by atoms with van der Waals surface area (Å²) in [6.07, 6.45) is 6.59. The van der Waals surface area contributed by atoms with Crippen molar-refractivity contribution in [1.82, 2.24) is 24.3 Å². The Morgan fingerprint density at radius 1 is 1.16 bits per heavy atom. The molecule has 1 aromatic carbocycles. The largest absolute Gasteiger partial charge is 0.373 e. The van der Waals surface area contributed by atoms with Crippen LogP contribution in [0.1, 0.15) is 33.6 Å². The maximum atomic E-state index is 15.1. The Morgan fingerprint density at radius 3 is 2.61 bits per heavy atom. The molecule has 5 rings (SSSR count). The Hall–Kier alpha value is -4.04. The summed E-state index contributed by atoms with van der Waals surface area (Å²) in [4.78, 5) is 25.2. The maximum absolute atomic E-state index is 15.1. The molecular formula is C30H33FN6O. The van der Waals surface area contributed by atoms with E-state index in [4.69, 9.17) is 0 Å². The van der Waals surface area contributed by atoms with Crippen molar-refractivity contribution in [2.45, 2.75) is 19.9 Å². The van der Waals surface area contributed by atoms with Crippen molar-refractivity contribution >= 4 is 28.3 Å². The van der Waals surface area contributed by atoms with E-state index in [1.807, 2.05) is 38.5 Å². The minimum atomic E-state index is -0.334. The second-order valence-electron chi connectivity index (χ2n) is 10.0. The number of aryl methyl sites for hydroxylation is 2. The molecule has 196 valence electrons. The molecule has 0 bridgehead atoms. The number of carbonyl (C=O) groups is 1. The van der Waals surface area contributed by atoms with E-state index in [-0.39, 0.29) is 11.7 Å². The van der Waals surface area contributed by atoms with Gasteiger partial charge in [-0.15, -0.1) is 0 Å². The van der Waals surface area contributed by atoms with Gasteiger partial charge in [-0.25, -0.2) is 14.4 Å². The zero-order valence-corrected chi connectivity index (χ0v) is 22.5. The van der Waals surface area contributed by atoms with Crippen LogP contribution in [0.3, 0.4) is 0 Å². The van der Waals surface area contributed by atoms with Gasteiger partial charge in [0.25, 0.3) is 5.91 Å². The van der Waals surface area contributed by atoms with Crippen molar-refractivity contribution in [2.75, 3.05) is 39.5 Å². The average Bonchev–Trinajstić information content (AvgIpc) is 3.23. The van der Waals surface area contributed by atoms with E-state index in [1.165, 1.54) is 16.7 Å². The molecule has 0 saturated carbocycles. The van der Waals surface area contributed by atoms with Gasteiger partial charge in [0.2, 0.25) is 0 Å². The number of rotatable bonds is 6. The third-order valence-electron chi connectivity index (χ3n) is 7.30. The predicted molar refractivity (Wildman–Crippen MR) is 151 cm³/mol. The van der Waals surface area contributed by atoms with Crippen molar-refractivity contribution in [2.24, 2.45) is 7.05 Å². The summed E-state index contributed by atoms with van der Waals surface area (Å²) in [5, 5.41) is 4.16. The molecule has 0 atom stereocenters. The molecule has 38 heavy (non-hydrogen) atoms. The summed E-state index contributed by atoms with van der Waals surface area (Å²) in [7, 11) is 7.26. The quantitative estimate of drug-likeness (QED) is 0.389. The smallest absolute Gasteiger partial charge is 0.253 e. The van der Waals surface area contributed by atoms with Crippen LogP contribution in [0.2, 0.25) is 0 Å². The molecule has 8 heteroatoms. The highest BCUT2D eigenvalue weighted by Crippen LogP contribution is 2.32. The summed E-state index contributed by atoms with van der Waals surface area (Å²) in [5.41, 5.74) is 7.06. The maximum Gasteiger partial charge on any atom is 0.253 e.